The summed E-state index contributed by atoms with van der Waals surface area (Å²) >= 11 is 0. The van der Waals surface area contributed by atoms with E-state index >= 15 is 0 Å². The average molecular weight is 266 g/mol. The van der Waals surface area contributed by atoms with Crippen molar-refractivity contribution in [3.63, 3.8) is 0 Å². The predicted octanol–water partition coefficient (Wildman–Crippen LogP) is 6.22. The number of carbonyl (C=O) groups excluding carboxylic acids is 1. The van der Waals surface area contributed by atoms with Gasteiger partial charge < -0.3 is 0 Å². The van der Waals surface area contributed by atoms with Gasteiger partial charge in [0, 0.05) is 0 Å². The van der Waals surface area contributed by atoms with E-state index in [1.54, 1.807) is 0 Å². The monoisotopic (exact) mass is 266 g/mol. The van der Waals surface area contributed by atoms with Gasteiger partial charge in [0.2, 0.25) is 0 Å². The molecule has 0 bridgehead atoms. The molecular formula is C18H34O. The fourth-order valence-electron chi connectivity index (χ4n) is 2.35. The number of hydrogen-bond donors (Lipinski definition) is 0. The lowest BCUT2D eigenvalue weighted by Gasteiger charge is -2.02. The largest absolute Gasteiger partial charge is 0.298 e. The minimum atomic E-state index is 0.991. The van der Waals surface area contributed by atoms with Gasteiger partial charge in [-0.3, -0.25) is 4.79 Å². The Hall–Kier alpha value is -0.590. The molecule has 0 spiro atoms. The fourth-order valence-corrected chi connectivity index (χ4v) is 2.35. The maximum absolute atomic E-state index is 11.0. The molecule has 0 aromatic carbocycles. The number of unbranched alkanes of at least 4 members (excludes halogenated alkanes) is 10. The van der Waals surface area contributed by atoms with E-state index in [0.29, 0.717) is 0 Å². The highest BCUT2D eigenvalue weighted by Crippen LogP contribution is 2.12. The van der Waals surface area contributed by atoms with Crippen molar-refractivity contribution in [1.82, 2.24) is 0 Å². The highest BCUT2D eigenvalue weighted by atomic mass is 16.1. The Morgan fingerprint density at radius 3 is 1.84 bits per heavy atom. The van der Waals surface area contributed by atoms with E-state index in [1.807, 2.05) is 0 Å². The summed E-state index contributed by atoms with van der Waals surface area (Å²) in [6, 6.07) is 0. The molecule has 0 saturated carbocycles. The van der Waals surface area contributed by atoms with Crippen LogP contribution >= 0.6 is 0 Å². The van der Waals surface area contributed by atoms with Gasteiger partial charge in [0.1, 0.15) is 6.29 Å². The van der Waals surface area contributed by atoms with Crippen LogP contribution in [-0.4, -0.2) is 6.29 Å². The van der Waals surface area contributed by atoms with E-state index in [2.05, 4.69) is 19.9 Å². The third-order valence-electron chi connectivity index (χ3n) is 3.68. The van der Waals surface area contributed by atoms with Crippen molar-refractivity contribution in [1.29, 1.82) is 0 Å². The number of carbonyl (C=O) groups is 1. The Labute approximate surface area is 120 Å². The van der Waals surface area contributed by atoms with E-state index in [-0.39, 0.29) is 0 Å². The molecule has 0 aliphatic heterocycles. The highest BCUT2D eigenvalue weighted by molar-refractivity contribution is 5.72. The van der Waals surface area contributed by atoms with Gasteiger partial charge in [-0.15, -0.1) is 0 Å². The molecule has 0 fully saturated rings. The second-order valence-corrected chi connectivity index (χ2v) is 5.62. The number of hydrogen-bond acceptors (Lipinski definition) is 1. The molecular weight excluding hydrogens is 232 g/mol. The summed E-state index contributed by atoms with van der Waals surface area (Å²) < 4.78 is 0. The summed E-state index contributed by atoms with van der Waals surface area (Å²) in [6.45, 7) is 4.48. The molecule has 19 heavy (non-hydrogen) atoms. The summed E-state index contributed by atoms with van der Waals surface area (Å²) in [4.78, 5) is 11.0. The van der Waals surface area contributed by atoms with Crippen LogP contribution in [0.1, 0.15) is 97.3 Å². The van der Waals surface area contributed by atoms with Gasteiger partial charge in [-0.25, -0.2) is 0 Å². The van der Waals surface area contributed by atoms with E-state index in [4.69, 9.17) is 0 Å². The van der Waals surface area contributed by atoms with Crippen LogP contribution in [0.15, 0.2) is 11.6 Å². The smallest absolute Gasteiger partial charge is 0.145 e. The van der Waals surface area contributed by atoms with Gasteiger partial charge in [0.25, 0.3) is 0 Å². The summed E-state index contributed by atoms with van der Waals surface area (Å²) in [5.41, 5.74) is 1.03. The van der Waals surface area contributed by atoms with Crippen LogP contribution in [0.2, 0.25) is 0 Å². The lowest BCUT2D eigenvalue weighted by Crippen LogP contribution is -1.87. The topological polar surface area (TPSA) is 17.1 Å². The van der Waals surface area contributed by atoms with Gasteiger partial charge in [-0.05, 0) is 31.3 Å². The zero-order chi connectivity index (χ0) is 14.2. The van der Waals surface area contributed by atoms with Crippen LogP contribution in [-0.2, 0) is 4.79 Å². The van der Waals surface area contributed by atoms with Crippen LogP contribution in [0.25, 0.3) is 0 Å². The standard InChI is InChI=1S/C18H34O/c1-3-5-7-9-11-13-15-18(17-19)16-14-12-10-8-6-4-2/h15,17H,3-14,16H2,1-2H3/b18-15+. The molecule has 0 N–H and O–H groups in total. The van der Waals surface area contributed by atoms with Crippen LogP contribution in [0.3, 0.4) is 0 Å². The van der Waals surface area contributed by atoms with Gasteiger partial charge in [-0.2, -0.15) is 0 Å². The zero-order valence-corrected chi connectivity index (χ0v) is 13.3. The minimum absolute atomic E-state index is 0.991. The third kappa shape index (κ3) is 13.6. The zero-order valence-electron chi connectivity index (χ0n) is 13.3. The van der Waals surface area contributed by atoms with Crippen molar-refractivity contribution in [3.05, 3.63) is 11.6 Å². The van der Waals surface area contributed by atoms with E-state index in [0.717, 1.165) is 24.7 Å². The quantitative estimate of drug-likeness (QED) is 0.207. The van der Waals surface area contributed by atoms with Crippen molar-refractivity contribution < 1.29 is 4.79 Å². The Bertz CT molecular complexity index is 218. The van der Waals surface area contributed by atoms with Crippen molar-refractivity contribution in [2.45, 2.75) is 97.3 Å². The molecule has 0 rings (SSSR count). The number of aldehydes is 1. The second-order valence-electron chi connectivity index (χ2n) is 5.62. The lowest BCUT2D eigenvalue weighted by molar-refractivity contribution is -0.105. The molecule has 0 aromatic heterocycles. The Balaban J connectivity index is 3.49. The van der Waals surface area contributed by atoms with Crippen molar-refractivity contribution in [2.24, 2.45) is 0 Å². The minimum Gasteiger partial charge on any atom is -0.298 e. The molecule has 0 heterocycles. The van der Waals surface area contributed by atoms with Gasteiger partial charge in [0.05, 0.1) is 0 Å². The first-order valence-electron chi connectivity index (χ1n) is 8.49. The molecule has 1 nitrogen and oxygen atoms in total. The van der Waals surface area contributed by atoms with Crippen molar-refractivity contribution in [3.8, 4) is 0 Å². The average Bonchev–Trinajstić information content (AvgIpc) is 2.44. The van der Waals surface area contributed by atoms with Gasteiger partial charge in [0.15, 0.2) is 0 Å². The SMILES string of the molecule is CCCCCCC/C=C(/C=O)CCCCCCCC. The Morgan fingerprint density at radius 1 is 0.737 bits per heavy atom. The summed E-state index contributed by atoms with van der Waals surface area (Å²) in [5, 5.41) is 0. The normalized spacial score (nSPS) is 11.8. The molecule has 0 unspecified atom stereocenters. The first-order chi connectivity index (χ1) is 9.35. The van der Waals surface area contributed by atoms with Crippen LogP contribution < -0.4 is 0 Å². The lowest BCUT2D eigenvalue weighted by atomic mass is 10.0. The molecule has 112 valence electrons. The van der Waals surface area contributed by atoms with Crippen LogP contribution in [0.4, 0.5) is 0 Å². The van der Waals surface area contributed by atoms with Crippen molar-refractivity contribution >= 4 is 6.29 Å². The van der Waals surface area contributed by atoms with Gasteiger partial charge >= 0.3 is 0 Å². The Morgan fingerprint density at radius 2 is 1.26 bits per heavy atom. The molecule has 0 aliphatic carbocycles. The summed E-state index contributed by atoms with van der Waals surface area (Å²) in [6.07, 6.45) is 19.7. The molecule has 0 atom stereocenters. The first-order valence-corrected chi connectivity index (χ1v) is 8.49. The molecule has 0 saturated heterocycles. The van der Waals surface area contributed by atoms with Gasteiger partial charge in [-0.1, -0.05) is 77.7 Å². The van der Waals surface area contributed by atoms with Crippen molar-refractivity contribution in [2.75, 3.05) is 0 Å². The number of allylic oxidation sites excluding steroid dienone is 2. The molecule has 0 radical (unpaired) electrons. The highest BCUT2D eigenvalue weighted by Gasteiger charge is 1.96. The molecule has 0 amide bonds. The van der Waals surface area contributed by atoms with Crippen LogP contribution in [0, 0.1) is 0 Å². The maximum atomic E-state index is 11.0. The second kappa shape index (κ2) is 15.5. The fraction of sp³-hybridized carbons (Fsp3) is 0.833. The molecule has 1 heteroatoms. The first kappa shape index (κ1) is 18.4. The summed E-state index contributed by atoms with van der Waals surface area (Å²) in [7, 11) is 0. The summed E-state index contributed by atoms with van der Waals surface area (Å²) in [5.74, 6) is 0. The third-order valence-corrected chi connectivity index (χ3v) is 3.68. The predicted molar refractivity (Wildman–Crippen MR) is 85.5 cm³/mol. The molecule has 0 aliphatic rings. The van der Waals surface area contributed by atoms with E-state index in [1.165, 1.54) is 70.6 Å². The van der Waals surface area contributed by atoms with E-state index < -0.39 is 0 Å². The van der Waals surface area contributed by atoms with E-state index in [9.17, 15) is 4.79 Å². The van der Waals surface area contributed by atoms with Crippen LogP contribution in [0.5, 0.6) is 0 Å². The molecule has 0 aromatic rings. The Kier molecular flexibility index (Phi) is 15.0. The number of rotatable bonds is 14. The maximum Gasteiger partial charge on any atom is 0.145 e.